The average molecular weight is 462 g/mol. The highest BCUT2D eigenvalue weighted by atomic mass is 35.5. The number of aryl methyl sites for hydroxylation is 1. The van der Waals surface area contributed by atoms with Gasteiger partial charge in [0, 0.05) is 60.2 Å². The minimum atomic E-state index is 0. The standard InChI is InChI=1S/C26H28N5O.ClH/c1-3-30(4-2)22-12-10-21-18-23(32-26(21)19-22)13-11-20-14-17-31(16-7-15-28-29-27)25-9-6-5-8-24(20)25;/h5-6,8-14,17-19H,3-4,7,15-16H2,1-2H3;1H/q+1;/p-1. The van der Waals surface area contributed by atoms with Gasteiger partial charge < -0.3 is 21.7 Å². The summed E-state index contributed by atoms with van der Waals surface area (Å²) in [6, 6.07) is 19.0. The minimum absolute atomic E-state index is 0. The maximum absolute atomic E-state index is 8.47. The molecule has 2 aromatic carbocycles. The first-order chi connectivity index (χ1) is 15.7. The Morgan fingerprint density at radius 2 is 1.88 bits per heavy atom. The monoisotopic (exact) mass is 461 g/mol. The van der Waals surface area contributed by atoms with Crippen LogP contribution in [0.25, 0.3) is 44.5 Å². The molecule has 4 aromatic rings. The highest BCUT2D eigenvalue weighted by molar-refractivity contribution is 5.90. The van der Waals surface area contributed by atoms with Gasteiger partial charge in [0.1, 0.15) is 17.9 Å². The van der Waals surface area contributed by atoms with Crippen LogP contribution in [-0.2, 0) is 6.54 Å². The Morgan fingerprint density at radius 3 is 2.67 bits per heavy atom. The average Bonchev–Trinajstić information content (AvgIpc) is 3.24. The molecule has 6 nitrogen and oxygen atoms in total. The van der Waals surface area contributed by atoms with Gasteiger partial charge in [0.05, 0.1) is 5.39 Å². The topological polar surface area (TPSA) is 69.0 Å². The molecule has 0 aliphatic rings. The number of nitrogens with zero attached hydrogens (tertiary/aromatic N) is 5. The Bertz CT molecular complexity index is 1300. The summed E-state index contributed by atoms with van der Waals surface area (Å²) in [6.07, 6.45) is 7.04. The van der Waals surface area contributed by atoms with Gasteiger partial charge in [0.2, 0.25) is 5.52 Å². The predicted molar refractivity (Wildman–Crippen MR) is 131 cm³/mol. The molecular weight excluding hydrogens is 434 g/mol. The molecule has 0 amide bonds. The molecule has 0 aliphatic carbocycles. The molecule has 0 spiro atoms. The maximum Gasteiger partial charge on any atom is 0.213 e. The van der Waals surface area contributed by atoms with Crippen LogP contribution in [0.4, 0.5) is 5.69 Å². The molecule has 0 bridgehead atoms. The molecule has 0 fully saturated rings. The third kappa shape index (κ3) is 5.48. The lowest BCUT2D eigenvalue weighted by atomic mass is 10.1. The van der Waals surface area contributed by atoms with Gasteiger partial charge in [-0.05, 0) is 55.3 Å². The molecule has 0 radical (unpaired) electrons. The van der Waals surface area contributed by atoms with Gasteiger partial charge in [-0.3, -0.25) is 0 Å². The number of hydrogen-bond acceptors (Lipinski definition) is 3. The van der Waals surface area contributed by atoms with Crippen LogP contribution in [0.5, 0.6) is 0 Å². The SMILES string of the molecule is CCN(CC)c1ccc2cc(/C=C/c3cc[n+](CCCN=[N+]=[N-])c4ccccc34)oc2c1.[Cl-]. The second kappa shape index (κ2) is 11.4. The van der Waals surface area contributed by atoms with E-state index in [0.29, 0.717) is 6.54 Å². The fourth-order valence-electron chi connectivity index (χ4n) is 4.09. The number of furan rings is 1. The zero-order chi connectivity index (χ0) is 22.3. The first-order valence-electron chi connectivity index (χ1n) is 11.1. The van der Waals surface area contributed by atoms with Crippen LogP contribution in [0, 0.1) is 0 Å². The van der Waals surface area contributed by atoms with Crippen molar-refractivity contribution in [2.24, 2.45) is 5.11 Å². The Labute approximate surface area is 200 Å². The Morgan fingerprint density at radius 1 is 1.06 bits per heavy atom. The molecule has 170 valence electrons. The predicted octanol–water partition coefficient (Wildman–Crippen LogP) is 3.59. The number of aromatic nitrogens is 1. The number of hydrogen-bond donors (Lipinski definition) is 0. The number of para-hydroxylation sites is 1. The third-order valence-corrected chi connectivity index (χ3v) is 5.76. The Kier molecular flexibility index (Phi) is 8.36. The zero-order valence-electron chi connectivity index (χ0n) is 19.0. The number of benzene rings is 2. The molecule has 0 atom stereocenters. The summed E-state index contributed by atoms with van der Waals surface area (Å²) in [7, 11) is 0. The fraction of sp³-hybridized carbons (Fsp3) is 0.269. The summed E-state index contributed by atoms with van der Waals surface area (Å²) in [5.41, 5.74) is 12.9. The number of pyridine rings is 1. The quantitative estimate of drug-likeness (QED) is 0.126. The van der Waals surface area contributed by atoms with Crippen molar-refractivity contribution in [2.75, 3.05) is 24.5 Å². The first-order valence-corrected chi connectivity index (χ1v) is 11.1. The summed E-state index contributed by atoms with van der Waals surface area (Å²) >= 11 is 0. The van der Waals surface area contributed by atoms with Gasteiger partial charge in [-0.1, -0.05) is 23.3 Å². The van der Waals surface area contributed by atoms with Crippen molar-refractivity contribution >= 4 is 39.7 Å². The molecule has 2 heterocycles. The van der Waals surface area contributed by atoms with E-state index in [4.69, 9.17) is 9.95 Å². The number of anilines is 1. The van der Waals surface area contributed by atoms with Crippen molar-refractivity contribution in [3.8, 4) is 0 Å². The lowest BCUT2D eigenvalue weighted by Gasteiger charge is -2.20. The molecule has 0 saturated heterocycles. The number of azide groups is 1. The summed E-state index contributed by atoms with van der Waals surface area (Å²) in [5, 5.41) is 5.92. The highest BCUT2D eigenvalue weighted by Crippen LogP contribution is 2.27. The molecular formula is C26H28ClN5O. The van der Waals surface area contributed by atoms with Gasteiger partial charge in [0.15, 0.2) is 6.20 Å². The number of halogens is 1. The van der Waals surface area contributed by atoms with Crippen molar-refractivity contribution < 1.29 is 21.4 Å². The molecule has 0 aliphatic heterocycles. The summed E-state index contributed by atoms with van der Waals surface area (Å²) < 4.78 is 8.33. The second-order valence-corrected chi connectivity index (χ2v) is 7.67. The van der Waals surface area contributed by atoms with Crippen LogP contribution >= 0.6 is 0 Å². The van der Waals surface area contributed by atoms with E-state index < -0.39 is 0 Å². The lowest BCUT2D eigenvalue weighted by molar-refractivity contribution is -0.671. The van der Waals surface area contributed by atoms with Crippen molar-refractivity contribution in [1.29, 1.82) is 0 Å². The molecule has 4 rings (SSSR count). The van der Waals surface area contributed by atoms with E-state index in [1.54, 1.807) is 0 Å². The van der Waals surface area contributed by atoms with Gasteiger partial charge in [0.25, 0.3) is 0 Å². The smallest absolute Gasteiger partial charge is 0.213 e. The van der Waals surface area contributed by atoms with Crippen LogP contribution in [0.3, 0.4) is 0 Å². The summed E-state index contributed by atoms with van der Waals surface area (Å²) in [5.74, 6) is 0.840. The highest BCUT2D eigenvalue weighted by Gasteiger charge is 2.11. The number of rotatable bonds is 9. The minimum Gasteiger partial charge on any atom is -1.00 e. The van der Waals surface area contributed by atoms with E-state index in [0.717, 1.165) is 53.9 Å². The van der Waals surface area contributed by atoms with E-state index in [1.807, 2.05) is 12.1 Å². The Hall–Kier alpha value is -3.47. The zero-order valence-corrected chi connectivity index (χ0v) is 19.7. The second-order valence-electron chi connectivity index (χ2n) is 7.67. The van der Waals surface area contributed by atoms with Gasteiger partial charge in [-0.2, -0.15) is 4.57 Å². The molecule has 0 unspecified atom stereocenters. The van der Waals surface area contributed by atoms with Gasteiger partial charge >= 0.3 is 0 Å². The molecule has 33 heavy (non-hydrogen) atoms. The molecule has 2 aromatic heterocycles. The van der Waals surface area contributed by atoms with Gasteiger partial charge in [-0.15, -0.1) is 0 Å². The van der Waals surface area contributed by atoms with Crippen molar-refractivity contribution in [3.63, 3.8) is 0 Å². The lowest BCUT2D eigenvalue weighted by Crippen LogP contribution is -3.00. The van der Waals surface area contributed by atoms with Crippen LogP contribution in [0.15, 0.2) is 70.3 Å². The molecule has 0 N–H and O–H groups in total. The van der Waals surface area contributed by atoms with E-state index in [2.05, 4.69) is 94.1 Å². The summed E-state index contributed by atoms with van der Waals surface area (Å²) in [6.45, 7) is 7.59. The van der Waals surface area contributed by atoms with E-state index in [9.17, 15) is 0 Å². The van der Waals surface area contributed by atoms with Crippen molar-refractivity contribution in [1.82, 2.24) is 0 Å². The molecule has 0 saturated carbocycles. The van der Waals surface area contributed by atoms with Crippen LogP contribution in [0.2, 0.25) is 0 Å². The van der Waals surface area contributed by atoms with E-state index in [1.165, 1.54) is 11.1 Å². The normalized spacial score (nSPS) is 11.0. The van der Waals surface area contributed by atoms with Crippen LogP contribution in [0.1, 0.15) is 31.6 Å². The Balaban J connectivity index is 0.00000306. The van der Waals surface area contributed by atoms with Crippen LogP contribution in [-0.4, -0.2) is 19.6 Å². The third-order valence-electron chi connectivity index (χ3n) is 5.76. The largest absolute Gasteiger partial charge is 1.00 e. The summed E-state index contributed by atoms with van der Waals surface area (Å²) in [4.78, 5) is 5.14. The van der Waals surface area contributed by atoms with Gasteiger partial charge in [-0.25, -0.2) is 0 Å². The number of fused-ring (bicyclic) bond motifs is 2. The van der Waals surface area contributed by atoms with E-state index >= 15 is 0 Å². The van der Waals surface area contributed by atoms with E-state index in [-0.39, 0.29) is 12.4 Å². The maximum atomic E-state index is 8.47. The molecule has 7 heteroatoms. The van der Waals surface area contributed by atoms with Crippen LogP contribution < -0.4 is 21.9 Å². The van der Waals surface area contributed by atoms with Crippen molar-refractivity contribution in [3.05, 3.63) is 82.6 Å². The van der Waals surface area contributed by atoms with Crippen molar-refractivity contribution in [2.45, 2.75) is 26.8 Å². The first kappa shape index (κ1) is 24.2. The fourth-order valence-corrected chi connectivity index (χ4v) is 4.09.